The molecule has 0 bridgehead atoms. The normalized spacial score (nSPS) is 10.3. The van der Waals surface area contributed by atoms with Gasteiger partial charge in [-0.25, -0.2) is 14.2 Å². The Hall–Kier alpha value is -2.37. The number of carboxylic acids is 1. The first-order valence-corrected chi connectivity index (χ1v) is 4.40. The van der Waals surface area contributed by atoms with E-state index in [-0.39, 0.29) is 16.9 Å². The van der Waals surface area contributed by atoms with Crippen molar-refractivity contribution < 1.29 is 14.3 Å². The van der Waals surface area contributed by atoms with Crippen LogP contribution in [0, 0.1) is 5.82 Å². The number of aromatic carboxylic acids is 1. The Bertz CT molecular complexity index is 537. The lowest BCUT2D eigenvalue weighted by Crippen LogP contribution is -2.06. The molecule has 0 saturated heterocycles. The first-order chi connectivity index (χ1) is 7.59. The van der Waals surface area contributed by atoms with Crippen LogP contribution in [0.1, 0.15) is 10.4 Å². The fourth-order valence-electron chi connectivity index (χ4n) is 1.36. The third-order valence-electron chi connectivity index (χ3n) is 2.13. The van der Waals surface area contributed by atoms with Gasteiger partial charge in [0.15, 0.2) is 0 Å². The molecule has 0 aliphatic rings. The highest BCUT2D eigenvalue weighted by Crippen LogP contribution is 2.21. The van der Waals surface area contributed by atoms with Gasteiger partial charge in [0.2, 0.25) is 0 Å². The van der Waals surface area contributed by atoms with Crippen LogP contribution in [0.4, 0.5) is 10.1 Å². The summed E-state index contributed by atoms with van der Waals surface area (Å²) in [6.07, 6.45) is 4.36. The molecule has 0 amide bonds. The van der Waals surface area contributed by atoms with Gasteiger partial charge < -0.3 is 15.4 Å². The number of nitrogens with two attached hydrogens (primary N) is 1. The number of carboxylic acid groups (broad SMARTS) is 1. The second-order valence-corrected chi connectivity index (χ2v) is 3.17. The number of rotatable bonds is 2. The van der Waals surface area contributed by atoms with Gasteiger partial charge >= 0.3 is 5.97 Å². The molecule has 2 rings (SSSR count). The third-order valence-corrected chi connectivity index (χ3v) is 2.13. The Morgan fingerprint density at radius 2 is 2.25 bits per heavy atom. The van der Waals surface area contributed by atoms with Gasteiger partial charge in [-0.15, -0.1) is 0 Å². The number of hydrogen-bond donors (Lipinski definition) is 2. The average Bonchev–Trinajstić information content (AvgIpc) is 2.70. The number of anilines is 1. The predicted octanol–water partition coefficient (Wildman–Crippen LogP) is 1.29. The molecule has 0 fully saturated rings. The molecular weight excluding hydrogens is 213 g/mol. The second-order valence-electron chi connectivity index (χ2n) is 3.17. The Kier molecular flexibility index (Phi) is 2.32. The molecule has 16 heavy (non-hydrogen) atoms. The van der Waals surface area contributed by atoms with Crippen LogP contribution in [-0.4, -0.2) is 20.6 Å². The number of aromatic nitrogens is 2. The standard InChI is InChI=1S/C10H8FN3O2/c11-7-4-8(12)6(10(15)16)3-9(7)14-2-1-13-5-14/h1-5H,12H2,(H,15,16). The number of benzene rings is 1. The van der Waals surface area contributed by atoms with E-state index in [1.165, 1.54) is 29.4 Å². The molecule has 0 aliphatic carbocycles. The molecule has 6 heteroatoms. The average molecular weight is 221 g/mol. The largest absolute Gasteiger partial charge is 0.478 e. The third kappa shape index (κ3) is 1.60. The van der Waals surface area contributed by atoms with Gasteiger partial charge in [-0.05, 0) is 12.1 Å². The zero-order valence-corrected chi connectivity index (χ0v) is 8.09. The molecule has 3 N–H and O–H groups in total. The molecule has 1 aromatic carbocycles. The molecule has 2 aromatic rings. The van der Waals surface area contributed by atoms with E-state index < -0.39 is 11.8 Å². The van der Waals surface area contributed by atoms with E-state index in [0.717, 1.165) is 6.07 Å². The van der Waals surface area contributed by atoms with Crippen LogP contribution >= 0.6 is 0 Å². The van der Waals surface area contributed by atoms with Crippen LogP contribution in [0.2, 0.25) is 0 Å². The zero-order valence-electron chi connectivity index (χ0n) is 8.09. The quantitative estimate of drug-likeness (QED) is 0.749. The van der Waals surface area contributed by atoms with Crippen LogP contribution in [0.3, 0.4) is 0 Å². The summed E-state index contributed by atoms with van der Waals surface area (Å²) in [6.45, 7) is 0. The summed E-state index contributed by atoms with van der Waals surface area (Å²) in [5.41, 5.74) is 5.26. The maximum atomic E-state index is 13.5. The highest BCUT2D eigenvalue weighted by molar-refractivity contribution is 5.94. The van der Waals surface area contributed by atoms with Crippen molar-refractivity contribution in [1.29, 1.82) is 0 Å². The molecule has 0 spiro atoms. The van der Waals surface area contributed by atoms with Gasteiger partial charge in [0, 0.05) is 18.1 Å². The summed E-state index contributed by atoms with van der Waals surface area (Å²) in [5.74, 6) is -1.79. The molecule has 1 aromatic heterocycles. The van der Waals surface area contributed by atoms with Crippen molar-refractivity contribution in [2.45, 2.75) is 0 Å². The summed E-state index contributed by atoms with van der Waals surface area (Å²) in [6, 6.07) is 2.16. The molecule has 5 nitrogen and oxygen atoms in total. The minimum Gasteiger partial charge on any atom is -0.478 e. The molecule has 0 atom stereocenters. The topological polar surface area (TPSA) is 81.1 Å². The van der Waals surface area contributed by atoms with E-state index in [4.69, 9.17) is 10.8 Å². The fourth-order valence-corrected chi connectivity index (χ4v) is 1.36. The lowest BCUT2D eigenvalue weighted by molar-refractivity contribution is 0.0698. The van der Waals surface area contributed by atoms with E-state index in [1.54, 1.807) is 0 Å². The highest BCUT2D eigenvalue weighted by Gasteiger charge is 2.13. The first kappa shape index (κ1) is 10.2. The summed E-state index contributed by atoms with van der Waals surface area (Å²) in [4.78, 5) is 14.6. The van der Waals surface area contributed by atoms with E-state index in [2.05, 4.69) is 4.98 Å². The maximum absolute atomic E-state index is 13.5. The Balaban J connectivity index is 2.63. The molecule has 1 heterocycles. The van der Waals surface area contributed by atoms with Gasteiger partial charge in [0.1, 0.15) is 5.82 Å². The van der Waals surface area contributed by atoms with Crippen molar-refractivity contribution in [3.05, 3.63) is 42.2 Å². The number of carbonyl (C=O) groups is 1. The number of nitrogen functional groups attached to an aromatic ring is 1. The van der Waals surface area contributed by atoms with E-state index in [0.29, 0.717) is 0 Å². The summed E-state index contributed by atoms with van der Waals surface area (Å²) >= 11 is 0. The fraction of sp³-hybridized carbons (Fsp3) is 0. The molecule has 82 valence electrons. The molecular formula is C10H8FN3O2. The predicted molar refractivity (Wildman–Crippen MR) is 54.9 cm³/mol. The lowest BCUT2D eigenvalue weighted by Gasteiger charge is -2.07. The minimum absolute atomic E-state index is 0.101. The SMILES string of the molecule is Nc1cc(F)c(-n2ccnc2)cc1C(=O)O. The van der Waals surface area contributed by atoms with Crippen LogP contribution in [0.15, 0.2) is 30.9 Å². The van der Waals surface area contributed by atoms with Gasteiger partial charge in [0.25, 0.3) is 0 Å². The van der Waals surface area contributed by atoms with Crippen molar-refractivity contribution in [2.24, 2.45) is 0 Å². The molecule has 0 saturated carbocycles. The molecule has 0 radical (unpaired) electrons. The highest BCUT2D eigenvalue weighted by atomic mass is 19.1. The number of nitrogens with zero attached hydrogens (tertiary/aromatic N) is 2. The minimum atomic E-state index is -1.20. The van der Waals surface area contributed by atoms with Crippen LogP contribution in [0.5, 0.6) is 0 Å². The van der Waals surface area contributed by atoms with Gasteiger partial charge in [-0.2, -0.15) is 0 Å². The number of hydrogen-bond acceptors (Lipinski definition) is 3. The van der Waals surface area contributed by atoms with Crippen LogP contribution in [0.25, 0.3) is 5.69 Å². The Labute approximate surface area is 90.0 Å². The van der Waals surface area contributed by atoms with Crippen LogP contribution < -0.4 is 5.73 Å². The summed E-state index contributed by atoms with van der Waals surface area (Å²) in [7, 11) is 0. The van der Waals surface area contributed by atoms with E-state index in [1.807, 2.05) is 0 Å². The van der Waals surface area contributed by atoms with E-state index in [9.17, 15) is 9.18 Å². The van der Waals surface area contributed by atoms with Crippen molar-refractivity contribution in [2.75, 3.05) is 5.73 Å². The summed E-state index contributed by atoms with van der Waals surface area (Å²) < 4.78 is 14.9. The monoisotopic (exact) mass is 221 g/mol. The van der Waals surface area contributed by atoms with Crippen molar-refractivity contribution >= 4 is 11.7 Å². The second kappa shape index (κ2) is 3.65. The maximum Gasteiger partial charge on any atom is 0.337 e. The van der Waals surface area contributed by atoms with E-state index >= 15 is 0 Å². The summed E-state index contributed by atoms with van der Waals surface area (Å²) in [5, 5.41) is 8.85. The number of imidazole rings is 1. The first-order valence-electron chi connectivity index (χ1n) is 4.40. The Morgan fingerprint density at radius 3 is 2.81 bits per heavy atom. The van der Waals surface area contributed by atoms with Gasteiger partial charge in [-0.3, -0.25) is 0 Å². The van der Waals surface area contributed by atoms with Crippen LogP contribution in [-0.2, 0) is 0 Å². The lowest BCUT2D eigenvalue weighted by atomic mass is 10.1. The van der Waals surface area contributed by atoms with Crippen molar-refractivity contribution in [3.8, 4) is 5.69 Å². The Morgan fingerprint density at radius 1 is 1.50 bits per heavy atom. The van der Waals surface area contributed by atoms with Crippen molar-refractivity contribution in [1.82, 2.24) is 9.55 Å². The molecule has 0 unspecified atom stereocenters. The molecule has 0 aliphatic heterocycles. The smallest absolute Gasteiger partial charge is 0.337 e. The van der Waals surface area contributed by atoms with Gasteiger partial charge in [0.05, 0.1) is 17.6 Å². The number of halogens is 1. The van der Waals surface area contributed by atoms with Crippen molar-refractivity contribution in [3.63, 3.8) is 0 Å². The van der Waals surface area contributed by atoms with Gasteiger partial charge in [-0.1, -0.05) is 0 Å². The zero-order chi connectivity index (χ0) is 11.7.